The van der Waals surface area contributed by atoms with Crippen LogP contribution in [-0.4, -0.2) is 66.3 Å². The van der Waals surface area contributed by atoms with Gasteiger partial charge >= 0.3 is 0 Å². The summed E-state index contributed by atoms with van der Waals surface area (Å²) in [7, 11) is 1.56. The fourth-order valence-corrected chi connectivity index (χ4v) is 2.50. The molecule has 1 aromatic rings. The number of nitro groups is 1. The van der Waals surface area contributed by atoms with E-state index in [0.717, 1.165) is 13.1 Å². The van der Waals surface area contributed by atoms with E-state index in [1.165, 1.54) is 23.1 Å². The first-order valence-electron chi connectivity index (χ1n) is 7.39. The summed E-state index contributed by atoms with van der Waals surface area (Å²) in [5.74, 6) is -0.414. The number of amides is 2. The van der Waals surface area contributed by atoms with Crippen molar-refractivity contribution in [3.8, 4) is 0 Å². The SMILES string of the molecule is Cc1cc([N+](=O)[O-])ccc1C(=O)N(C)CC(=O)N1CCNCC1.Cl. The highest BCUT2D eigenvalue weighted by molar-refractivity contribution is 5.97. The zero-order valence-electron chi connectivity index (χ0n) is 13.7. The van der Waals surface area contributed by atoms with Crippen molar-refractivity contribution in [2.75, 3.05) is 39.8 Å². The van der Waals surface area contributed by atoms with Gasteiger partial charge in [0.15, 0.2) is 0 Å². The number of hydrogen-bond donors (Lipinski definition) is 1. The average Bonchev–Trinajstić information content (AvgIpc) is 2.54. The number of nitrogens with one attached hydrogen (secondary N) is 1. The van der Waals surface area contributed by atoms with Crippen molar-refractivity contribution in [3.05, 3.63) is 39.4 Å². The number of halogens is 1. The standard InChI is InChI=1S/C15H20N4O4.ClH/c1-11-9-12(19(22)23)3-4-13(11)15(21)17(2)10-14(20)18-7-5-16-6-8-18;/h3-4,9,16H,5-8,10H2,1-2H3;1H. The first kappa shape index (κ1) is 19.9. The van der Waals surface area contributed by atoms with Gasteiger partial charge in [0.25, 0.3) is 11.6 Å². The first-order chi connectivity index (χ1) is 10.9. The Labute approximate surface area is 146 Å². The smallest absolute Gasteiger partial charge is 0.269 e. The maximum absolute atomic E-state index is 12.4. The highest BCUT2D eigenvalue weighted by atomic mass is 35.5. The summed E-state index contributed by atoms with van der Waals surface area (Å²) in [5.41, 5.74) is 0.829. The average molecular weight is 357 g/mol. The van der Waals surface area contributed by atoms with Gasteiger partial charge in [-0.05, 0) is 18.6 Å². The highest BCUT2D eigenvalue weighted by Crippen LogP contribution is 2.18. The molecule has 1 aromatic carbocycles. The Morgan fingerprint density at radius 2 is 1.96 bits per heavy atom. The fraction of sp³-hybridized carbons (Fsp3) is 0.467. The van der Waals surface area contributed by atoms with E-state index in [2.05, 4.69) is 5.32 Å². The Hall–Kier alpha value is -2.19. The summed E-state index contributed by atoms with van der Waals surface area (Å²) in [6.07, 6.45) is 0. The second-order valence-electron chi connectivity index (χ2n) is 5.55. The van der Waals surface area contributed by atoms with E-state index in [9.17, 15) is 19.7 Å². The molecule has 0 atom stereocenters. The Kier molecular flexibility index (Phi) is 7.12. The second kappa shape index (κ2) is 8.60. The van der Waals surface area contributed by atoms with Crippen molar-refractivity contribution in [3.63, 3.8) is 0 Å². The lowest BCUT2D eigenvalue weighted by molar-refractivity contribution is -0.384. The molecule has 132 valence electrons. The summed E-state index contributed by atoms with van der Waals surface area (Å²) < 4.78 is 0. The number of likely N-dealkylation sites (N-methyl/N-ethyl adjacent to an activating group) is 1. The molecule has 1 aliphatic rings. The van der Waals surface area contributed by atoms with Gasteiger partial charge in [-0.3, -0.25) is 19.7 Å². The number of benzene rings is 1. The van der Waals surface area contributed by atoms with Crippen LogP contribution >= 0.6 is 12.4 Å². The number of nitro benzene ring substituents is 1. The Morgan fingerprint density at radius 1 is 1.33 bits per heavy atom. The fourth-order valence-electron chi connectivity index (χ4n) is 2.50. The molecular formula is C15H21ClN4O4. The molecule has 0 unspecified atom stereocenters. The molecule has 1 N–H and O–H groups in total. The first-order valence-corrected chi connectivity index (χ1v) is 7.39. The van der Waals surface area contributed by atoms with Gasteiger partial charge in [-0.25, -0.2) is 0 Å². The monoisotopic (exact) mass is 356 g/mol. The lowest BCUT2D eigenvalue weighted by Gasteiger charge is -2.29. The number of aryl methyl sites for hydroxylation is 1. The molecule has 1 heterocycles. The number of non-ortho nitro benzene ring substituents is 1. The minimum Gasteiger partial charge on any atom is -0.339 e. The maximum Gasteiger partial charge on any atom is 0.269 e. The van der Waals surface area contributed by atoms with Gasteiger partial charge in [0, 0.05) is 50.9 Å². The molecule has 0 aliphatic carbocycles. The molecule has 1 saturated heterocycles. The number of piperazine rings is 1. The Balaban J connectivity index is 0.00000288. The van der Waals surface area contributed by atoms with E-state index in [0.29, 0.717) is 24.2 Å². The van der Waals surface area contributed by atoms with Crippen molar-refractivity contribution >= 4 is 29.9 Å². The largest absolute Gasteiger partial charge is 0.339 e. The van der Waals surface area contributed by atoms with Crippen molar-refractivity contribution in [1.29, 1.82) is 0 Å². The summed E-state index contributed by atoms with van der Waals surface area (Å²) in [4.78, 5) is 37.9. The summed E-state index contributed by atoms with van der Waals surface area (Å²) in [5, 5.41) is 13.9. The van der Waals surface area contributed by atoms with Crippen LogP contribution in [0.15, 0.2) is 18.2 Å². The van der Waals surface area contributed by atoms with E-state index >= 15 is 0 Å². The number of nitrogens with zero attached hydrogens (tertiary/aromatic N) is 3. The van der Waals surface area contributed by atoms with E-state index in [1.54, 1.807) is 18.9 Å². The minimum absolute atomic E-state index is 0. The van der Waals surface area contributed by atoms with Crippen molar-refractivity contribution < 1.29 is 14.5 Å². The molecule has 1 fully saturated rings. The molecule has 8 nitrogen and oxygen atoms in total. The molecule has 0 spiro atoms. The van der Waals surface area contributed by atoms with Crippen LogP contribution in [-0.2, 0) is 4.79 Å². The third-order valence-corrected chi connectivity index (χ3v) is 3.84. The molecule has 0 aromatic heterocycles. The molecule has 1 aliphatic heterocycles. The van der Waals surface area contributed by atoms with Gasteiger partial charge in [-0.15, -0.1) is 12.4 Å². The van der Waals surface area contributed by atoms with Crippen LogP contribution in [0, 0.1) is 17.0 Å². The van der Waals surface area contributed by atoms with Crippen LogP contribution in [0.2, 0.25) is 0 Å². The molecule has 2 rings (SSSR count). The van der Waals surface area contributed by atoms with Crippen molar-refractivity contribution in [1.82, 2.24) is 15.1 Å². The Bertz CT molecular complexity index is 632. The van der Waals surface area contributed by atoms with E-state index in [-0.39, 0.29) is 36.5 Å². The third kappa shape index (κ3) is 4.65. The molecular weight excluding hydrogens is 336 g/mol. The van der Waals surface area contributed by atoms with Gasteiger partial charge in [-0.2, -0.15) is 0 Å². The van der Waals surface area contributed by atoms with Crippen molar-refractivity contribution in [2.24, 2.45) is 0 Å². The molecule has 0 radical (unpaired) electrons. The van der Waals surface area contributed by atoms with E-state index < -0.39 is 4.92 Å². The van der Waals surface area contributed by atoms with Gasteiger partial charge in [0.1, 0.15) is 0 Å². The predicted octanol–water partition coefficient (Wildman–Crippen LogP) is 0.829. The summed E-state index contributed by atoms with van der Waals surface area (Å²) in [6.45, 7) is 4.42. The van der Waals surface area contributed by atoms with Crippen LogP contribution in [0.3, 0.4) is 0 Å². The maximum atomic E-state index is 12.4. The quantitative estimate of drug-likeness (QED) is 0.636. The zero-order valence-corrected chi connectivity index (χ0v) is 14.5. The van der Waals surface area contributed by atoms with Crippen LogP contribution in [0.25, 0.3) is 0 Å². The zero-order chi connectivity index (χ0) is 17.0. The summed E-state index contributed by atoms with van der Waals surface area (Å²) >= 11 is 0. The van der Waals surface area contributed by atoms with Gasteiger partial charge < -0.3 is 15.1 Å². The number of hydrogen-bond acceptors (Lipinski definition) is 5. The number of rotatable bonds is 4. The minimum atomic E-state index is -0.501. The van der Waals surface area contributed by atoms with Crippen LogP contribution in [0.1, 0.15) is 15.9 Å². The van der Waals surface area contributed by atoms with Gasteiger partial charge in [0.2, 0.25) is 5.91 Å². The van der Waals surface area contributed by atoms with Crippen LogP contribution in [0.4, 0.5) is 5.69 Å². The third-order valence-electron chi connectivity index (χ3n) is 3.84. The molecule has 2 amide bonds. The second-order valence-corrected chi connectivity index (χ2v) is 5.55. The Morgan fingerprint density at radius 3 is 2.50 bits per heavy atom. The van der Waals surface area contributed by atoms with Gasteiger partial charge in [0.05, 0.1) is 11.5 Å². The lowest BCUT2D eigenvalue weighted by atomic mass is 10.1. The summed E-state index contributed by atoms with van der Waals surface area (Å²) in [6, 6.07) is 4.09. The lowest BCUT2D eigenvalue weighted by Crippen LogP contribution is -2.49. The van der Waals surface area contributed by atoms with Crippen LogP contribution < -0.4 is 5.32 Å². The van der Waals surface area contributed by atoms with Gasteiger partial charge in [-0.1, -0.05) is 0 Å². The topological polar surface area (TPSA) is 95.8 Å². The van der Waals surface area contributed by atoms with Crippen LogP contribution in [0.5, 0.6) is 0 Å². The normalized spacial score (nSPS) is 13.8. The molecule has 24 heavy (non-hydrogen) atoms. The van der Waals surface area contributed by atoms with E-state index in [1.807, 2.05) is 0 Å². The molecule has 0 bridgehead atoms. The van der Waals surface area contributed by atoms with Crippen molar-refractivity contribution in [2.45, 2.75) is 6.92 Å². The van der Waals surface area contributed by atoms with E-state index in [4.69, 9.17) is 0 Å². The molecule has 0 saturated carbocycles. The highest BCUT2D eigenvalue weighted by Gasteiger charge is 2.22. The molecule has 9 heteroatoms. The number of carbonyl (C=O) groups is 2. The number of carbonyl (C=O) groups excluding carboxylic acids is 2. The predicted molar refractivity (Wildman–Crippen MR) is 91.5 cm³/mol.